The van der Waals surface area contributed by atoms with Gasteiger partial charge in [-0.2, -0.15) is 0 Å². The number of nitrogens with two attached hydrogens (primary N) is 1. The van der Waals surface area contributed by atoms with Crippen molar-refractivity contribution in [1.29, 1.82) is 0 Å². The number of nitrogens with one attached hydrogen (secondary N) is 1. The first-order valence-electron chi connectivity index (χ1n) is 2.45. The van der Waals surface area contributed by atoms with Crippen LogP contribution in [0.5, 0.6) is 0 Å². The average Bonchev–Trinajstić information content (AvgIpc) is 1.87. The third-order valence-electron chi connectivity index (χ3n) is 0.620. The molecular weight excluding hydrogens is 140 g/mol. The summed E-state index contributed by atoms with van der Waals surface area (Å²) in [6, 6.07) is 0. The molecule has 1 amide bonds. The van der Waals surface area contributed by atoms with Crippen LogP contribution in [0, 0.1) is 0 Å². The van der Waals surface area contributed by atoms with Gasteiger partial charge in [-0.25, -0.2) is 10.6 Å². The molecule has 0 saturated heterocycles. The van der Waals surface area contributed by atoms with Gasteiger partial charge in [-0.1, -0.05) is 0 Å². The molecule has 0 fully saturated rings. The second kappa shape index (κ2) is 4.71. The number of ether oxygens (including phenoxy) is 1. The number of carboxylic acid groups (broad SMARTS) is 1. The second-order valence-electron chi connectivity index (χ2n) is 1.45. The van der Waals surface area contributed by atoms with Crippen molar-refractivity contribution >= 4 is 11.9 Å². The van der Waals surface area contributed by atoms with Gasteiger partial charge in [0.15, 0.2) is 0 Å². The minimum Gasteiger partial charge on any atom is -0.480 e. The largest absolute Gasteiger partial charge is 0.480 e. The Hall–Kier alpha value is -1.14. The van der Waals surface area contributed by atoms with Crippen LogP contribution in [0.15, 0.2) is 0 Å². The van der Waals surface area contributed by atoms with E-state index in [0.29, 0.717) is 0 Å². The van der Waals surface area contributed by atoms with Crippen molar-refractivity contribution < 1.29 is 19.4 Å². The molecule has 10 heavy (non-hydrogen) atoms. The Labute approximate surface area is 56.9 Å². The minimum atomic E-state index is -1.12. The Morgan fingerprint density at radius 1 is 1.50 bits per heavy atom. The van der Waals surface area contributed by atoms with Crippen LogP contribution >= 0.6 is 0 Å². The fourth-order valence-corrected chi connectivity index (χ4v) is 0.273. The Kier molecular flexibility index (Phi) is 4.17. The monoisotopic (exact) mass is 148 g/mol. The molecule has 58 valence electrons. The van der Waals surface area contributed by atoms with E-state index >= 15 is 0 Å². The Bertz CT molecular complexity index is 135. The van der Waals surface area contributed by atoms with Crippen LogP contribution in [0.1, 0.15) is 0 Å². The third-order valence-corrected chi connectivity index (χ3v) is 0.620. The maximum atomic E-state index is 10.2. The summed E-state index contributed by atoms with van der Waals surface area (Å²) in [5, 5.41) is 8.01. The normalized spacial score (nSPS) is 8.90. The van der Waals surface area contributed by atoms with E-state index in [4.69, 9.17) is 5.11 Å². The van der Waals surface area contributed by atoms with E-state index in [2.05, 4.69) is 10.6 Å². The number of hydrazine groups is 1. The van der Waals surface area contributed by atoms with Crippen LogP contribution in [-0.4, -0.2) is 30.2 Å². The summed E-state index contributed by atoms with van der Waals surface area (Å²) in [5.41, 5.74) is 1.78. The smallest absolute Gasteiger partial charge is 0.329 e. The van der Waals surface area contributed by atoms with Gasteiger partial charge < -0.3 is 9.84 Å². The first-order chi connectivity index (χ1) is 4.66. The molecule has 0 aliphatic rings. The summed E-state index contributed by atoms with van der Waals surface area (Å²) in [7, 11) is 0. The van der Waals surface area contributed by atoms with Gasteiger partial charge in [-0.3, -0.25) is 10.2 Å². The highest BCUT2D eigenvalue weighted by Crippen LogP contribution is 1.73. The number of hydrogen-bond donors (Lipinski definition) is 3. The van der Waals surface area contributed by atoms with E-state index in [0.717, 1.165) is 0 Å². The van der Waals surface area contributed by atoms with E-state index in [1.54, 1.807) is 5.43 Å². The van der Waals surface area contributed by atoms with Gasteiger partial charge in [-0.15, -0.1) is 0 Å². The molecule has 0 aromatic rings. The van der Waals surface area contributed by atoms with E-state index in [1.165, 1.54) is 0 Å². The fourth-order valence-electron chi connectivity index (χ4n) is 0.273. The van der Waals surface area contributed by atoms with Crippen molar-refractivity contribution in [3.05, 3.63) is 0 Å². The van der Waals surface area contributed by atoms with Crippen LogP contribution in [0.2, 0.25) is 0 Å². The molecule has 0 aliphatic carbocycles. The first-order valence-corrected chi connectivity index (χ1v) is 2.45. The molecule has 0 aromatic carbocycles. The van der Waals surface area contributed by atoms with Gasteiger partial charge in [0.25, 0.3) is 5.91 Å². The molecule has 0 spiro atoms. The lowest BCUT2D eigenvalue weighted by atomic mass is 10.6. The molecule has 0 rings (SSSR count). The summed E-state index contributed by atoms with van der Waals surface area (Å²) in [6.07, 6.45) is 0. The highest BCUT2D eigenvalue weighted by Gasteiger charge is 2.00. The average molecular weight is 148 g/mol. The van der Waals surface area contributed by atoms with Crippen molar-refractivity contribution in [2.24, 2.45) is 5.84 Å². The summed E-state index contributed by atoms with van der Waals surface area (Å²) < 4.78 is 4.36. The number of carbonyl (C=O) groups is 2. The maximum Gasteiger partial charge on any atom is 0.329 e. The topological polar surface area (TPSA) is 102 Å². The van der Waals surface area contributed by atoms with Gasteiger partial charge >= 0.3 is 5.97 Å². The van der Waals surface area contributed by atoms with Gasteiger partial charge in [-0.05, 0) is 0 Å². The molecule has 0 radical (unpaired) electrons. The molecule has 0 saturated carbocycles. The standard InChI is InChI=1S/C4H8N2O4/c5-6-3(7)1-10-2-4(8)9/h1-2,5H2,(H,6,7)(H,8,9). The molecule has 0 aliphatic heterocycles. The summed E-state index contributed by atoms with van der Waals surface area (Å²) in [6.45, 7) is -0.823. The Balaban J connectivity index is 3.20. The zero-order valence-corrected chi connectivity index (χ0v) is 5.16. The lowest BCUT2D eigenvalue weighted by Gasteiger charge is -1.97. The van der Waals surface area contributed by atoms with E-state index in [1.807, 2.05) is 0 Å². The zero-order chi connectivity index (χ0) is 7.98. The molecule has 0 atom stereocenters. The predicted octanol–water partition coefficient (Wildman–Crippen LogP) is -1.92. The highest BCUT2D eigenvalue weighted by molar-refractivity contribution is 5.77. The van der Waals surface area contributed by atoms with Gasteiger partial charge in [0, 0.05) is 0 Å². The molecule has 0 heterocycles. The third kappa shape index (κ3) is 5.01. The highest BCUT2D eigenvalue weighted by atomic mass is 16.5. The van der Waals surface area contributed by atoms with Crippen molar-refractivity contribution in [3.8, 4) is 0 Å². The van der Waals surface area contributed by atoms with E-state index < -0.39 is 18.5 Å². The Morgan fingerprint density at radius 3 is 2.50 bits per heavy atom. The fraction of sp³-hybridized carbons (Fsp3) is 0.500. The molecule has 6 nitrogen and oxygen atoms in total. The van der Waals surface area contributed by atoms with Crippen LogP contribution in [0.4, 0.5) is 0 Å². The van der Waals surface area contributed by atoms with Crippen molar-refractivity contribution in [3.63, 3.8) is 0 Å². The quantitative estimate of drug-likeness (QED) is 0.245. The molecule has 0 bridgehead atoms. The maximum absolute atomic E-state index is 10.2. The minimum absolute atomic E-state index is 0.331. The molecule has 0 aromatic heterocycles. The van der Waals surface area contributed by atoms with Gasteiger partial charge in [0.2, 0.25) is 0 Å². The van der Waals surface area contributed by atoms with Crippen molar-refractivity contribution in [2.45, 2.75) is 0 Å². The Morgan fingerprint density at radius 2 is 2.10 bits per heavy atom. The van der Waals surface area contributed by atoms with Crippen LogP contribution in [-0.2, 0) is 14.3 Å². The molecular formula is C4H8N2O4. The number of hydrogen-bond acceptors (Lipinski definition) is 4. The van der Waals surface area contributed by atoms with Crippen LogP contribution < -0.4 is 11.3 Å². The van der Waals surface area contributed by atoms with Crippen molar-refractivity contribution in [2.75, 3.05) is 13.2 Å². The van der Waals surface area contributed by atoms with Gasteiger partial charge in [0.1, 0.15) is 13.2 Å². The number of amides is 1. The van der Waals surface area contributed by atoms with E-state index in [9.17, 15) is 9.59 Å². The lowest BCUT2D eigenvalue weighted by molar-refractivity contribution is -0.143. The summed E-state index contributed by atoms with van der Waals surface area (Å²) in [4.78, 5) is 20.0. The van der Waals surface area contributed by atoms with Crippen molar-refractivity contribution in [1.82, 2.24) is 5.43 Å². The predicted molar refractivity (Wildman–Crippen MR) is 30.8 cm³/mol. The van der Waals surface area contributed by atoms with Crippen LogP contribution in [0.3, 0.4) is 0 Å². The number of carboxylic acids is 1. The van der Waals surface area contributed by atoms with E-state index in [-0.39, 0.29) is 6.61 Å². The number of aliphatic carboxylic acids is 1. The molecule has 6 heteroatoms. The second-order valence-corrected chi connectivity index (χ2v) is 1.45. The van der Waals surface area contributed by atoms with Crippen LogP contribution in [0.25, 0.3) is 0 Å². The number of carbonyl (C=O) groups excluding carboxylic acids is 1. The number of rotatable bonds is 4. The summed E-state index contributed by atoms with van der Waals surface area (Å²) in [5.74, 6) is 2.99. The zero-order valence-electron chi connectivity index (χ0n) is 5.16. The lowest BCUT2D eigenvalue weighted by Crippen LogP contribution is -2.33. The molecule has 0 unspecified atom stereocenters. The molecule has 4 N–H and O–H groups in total. The first kappa shape index (κ1) is 8.86. The summed E-state index contributed by atoms with van der Waals surface area (Å²) >= 11 is 0. The SMILES string of the molecule is NNC(=O)COCC(=O)O. The van der Waals surface area contributed by atoms with Gasteiger partial charge in [0.05, 0.1) is 0 Å².